The molecule has 0 aliphatic heterocycles. The number of nitrogens with zero attached hydrogens (tertiary/aromatic N) is 3. The molecule has 0 radical (unpaired) electrons. The first-order valence-electron chi connectivity index (χ1n) is 8.28. The number of ether oxygens (including phenoxy) is 1. The lowest BCUT2D eigenvalue weighted by Crippen LogP contribution is -2.01. The van der Waals surface area contributed by atoms with Gasteiger partial charge in [0, 0.05) is 4.88 Å². The molecule has 1 aliphatic carbocycles. The third kappa shape index (κ3) is 3.14. The molecular weight excluding hydrogens is 416 g/mol. The van der Waals surface area contributed by atoms with E-state index in [1.54, 1.807) is 36.0 Å². The van der Waals surface area contributed by atoms with E-state index in [-0.39, 0.29) is 5.75 Å². The van der Waals surface area contributed by atoms with Crippen LogP contribution in [0.4, 0.5) is 5.82 Å². The summed E-state index contributed by atoms with van der Waals surface area (Å²) in [5, 5.41) is 15.3. The molecule has 8 heteroatoms. The van der Waals surface area contributed by atoms with Crippen LogP contribution in [0.3, 0.4) is 0 Å². The molecular formula is C18H17BrN4O2S. The van der Waals surface area contributed by atoms with Crippen LogP contribution >= 0.6 is 27.3 Å². The van der Waals surface area contributed by atoms with Gasteiger partial charge >= 0.3 is 0 Å². The zero-order valence-corrected chi connectivity index (χ0v) is 16.5. The van der Waals surface area contributed by atoms with E-state index >= 15 is 0 Å². The van der Waals surface area contributed by atoms with Gasteiger partial charge in [-0.25, -0.2) is 9.97 Å². The highest BCUT2D eigenvalue weighted by Gasteiger charge is 2.19. The van der Waals surface area contributed by atoms with Crippen LogP contribution < -0.4 is 10.2 Å². The maximum absolute atomic E-state index is 9.88. The lowest BCUT2D eigenvalue weighted by Gasteiger charge is -2.11. The molecule has 2 heterocycles. The number of methoxy groups -OCH3 is 1. The number of nitrogens with one attached hydrogen (secondary N) is 1. The van der Waals surface area contributed by atoms with Gasteiger partial charge in [-0.2, -0.15) is 5.10 Å². The van der Waals surface area contributed by atoms with Crippen molar-refractivity contribution in [1.29, 1.82) is 0 Å². The highest BCUT2D eigenvalue weighted by atomic mass is 79.9. The number of aromatic hydroxyl groups is 1. The molecule has 1 aromatic carbocycles. The number of rotatable bonds is 4. The first-order chi connectivity index (χ1) is 12.7. The van der Waals surface area contributed by atoms with E-state index in [2.05, 4.69) is 36.4 Å². The highest BCUT2D eigenvalue weighted by molar-refractivity contribution is 9.10. The summed E-state index contributed by atoms with van der Waals surface area (Å²) in [4.78, 5) is 11.2. The minimum absolute atomic E-state index is 0.0695. The van der Waals surface area contributed by atoms with Crippen molar-refractivity contribution in [1.82, 2.24) is 9.97 Å². The molecule has 0 bridgehead atoms. The summed E-state index contributed by atoms with van der Waals surface area (Å²) in [6, 6.07) is 3.48. The molecule has 1 aliphatic rings. The average Bonchev–Trinajstić information content (AvgIpc) is 3.04. The summed E-state index contributed by atoms with van der Waals surface area (Å²) in [6.07, 6.45) is 7.88. The minimum atomic E-state index is 0.0695. The average molecular weight is 433 g/mol. The van der Waals surface area contributed by atoms with Gasteiger partial charge in [0.25, 0.3) is 0 Å². The van der Waals surface area contributed by atoms with Gasteiger partial charge in [-0.05, 0) is 64.9 Å². The van der Waals surface area contributed by atoms with Crippen LogP contribution in [0.25, 0.3) is 10.2 Å². The molecule has 0 fully saturated rings. The Morgan fingerprint density at radius 3 is 3.00 bits per heavy atom. The second-order valence-corrected chi connectivity index (χ2v) is 7.97. The van der Waals surface area contributed by atoms with Gasteiger partial charge in [0.05, 0.1) is 23.2 Å². The predicted octanol–water partition coefficient (Wildman–Crippen LogP) is 4.49. The maximum Gasteiger partial charge on any atom is 0.172 e. The van der Waals surface area contributed by atoms with Gasteiger partial charge in [0.15, 0.2) is 17.3 Å². The minimum Gasteiger partial charge on any atom is -0.503 e. The van der Waals surface area contributed by atoms with Crippen molar-refractivity contribution in [2.45, 2.75) is 25.7 Å². The Morgan fingerprint density at radius 2 is 2.15 bits per heavy atom. The monoisotopic (exact) mass is 432 g/mol. The summed E-state index contributed by atoms with van der Waals surface area (Å²) in [6.45, 7) is 0. The second-order valence-electron chi connectivity index (χ2n) is 6.04. The lowest BCUT2D eigenvalue weighted by molar-refractivity contribution is 0.372. The Balaban J connectivity index is 1.63. The third-order valence-electron chi connectivity index (χ3n) is 4.41. The van der Waals surface area contributed by atoms with Gasteiger partial charge in [0.1, 0.15) is 11.2 Å². The van der Waals surface area contributed by atoms with Crippen LogP contribution in [0.15, 0.2) is 28.0 Å². The van der Waals surface area contributed by atoms with E-state index < -0.39 is 0 Å². The molecule has 0 spiro atoms. The molecule has 3 aromatic rings. The summed E-state index contributed by atoms with van der Waals surface area (Å²) in [5.74, 6) is 1.19. The first-order valence-corrected chi connectivity index (χ1v) is 9.89. The van der Waals surface area contributed by atoms with Gasteiger partial charge in [-0.1, -0.05) is 0 Å². The number of aryl methyl sites for hydroxylation is 2. The Hall–Kier alpha value is -2.19. The molecule has 0 unspecified atom stereocenters. The van der Waals surface area contributed by atoms with Crippen molar-refractivity contribution in [3.63, 3.8) is 0 Å². The number of anilines is 1. The van der Waals surface area contributed by atoms with Crippen LogP contribution in [0.2, 0.25) is 0 Å². The molecule has 0 saturated heterocycles. The van der Waals surface area contributed by atoms with E-state index in [0.29, 0.717) is 10.2 Å². The number of hydrazone groups is 1. The number of benzene rings is 1. The summed E-state index contributed by atoms with van der Waals surface area (Å²) in [5.41, 5.74) is 5.20. The smallest absolute Gasteiger partial charge is 0.172 e. The van der Waals surface area contributed by atoms with Crippen molar-refractivity contribution in [2.24, 2.45) is 5.10 Å². The molecule has 134 valence electrons. The van der Waals surface area contributed by atoms with E-state index in [9.17, 15) is 5.11 Å². The summed E-state index contributed by atoms with van der Waals surface area (Å²) < 4.78 is 5.71. The number of halogens is 1. The molecule has 4 rings (SSSR count). The Labute approximate surface area is 163 Å². The van der Waals surface area contributed by atoms with Gasteiger partial charge in [-0.15, -0.1) is 11.3 Å². The zero-order valence-electron chi connectivity index (χ0n) is 14.1. The lowest BCUT2D eigenvalue weighted by atomic mass is 9.97. The quantitative estimate of drug-likeness (QED) is 0.468. The number of phenols is 1. The van der Waals surface area contributed by atoms with Gasteiger partial charge in [0.2, 0.25) is 0 Å². The van der Waals surface area contributed by atoms with Crippen molar-refractivity contribution in [3.05, 3.63) is 38.9 Å². The largest absolute Gasteiger partial charge is 0.503 e. The molecule has 0 amide bonds. The summed E-state index contributed by atoms with van der Waals surface area (Å²) >= 11 is 5.07. The predicted molar refractivity (Wildman–Crippen MR) is 108 cm³/mol. The number of aromatic nitrogens is 2. The molecule has 6 nitrogen and oxygen atoms in total. The molecule has 0 saturated carbocycles. The van der Waals surface area contributed by atoms with Crippen LogP contribution in [-0.4, -0.2) is 28.4 Å². The van der Waals surface area contributed by atoms with Gasteiger partial charge in [-0.3, -0.25) is 5.43 Å². The van der Waals surface area contributed by atoms with E-state index in [4.69, 9.17) is 4.74 Å². The SMILES string of the molecule is COc1cc(/C=N/Nc2ncnc3sc4c(c23)CCCC4)cc(Br)c1O. The van der Waals surface area contributed by atoms with Crippen LogP contribution in [0.5, 0.6) is 11.5 Å². The molecule has 0 atom stereocenters. The van der Waals surface area contributed by atoms with Crippen molar-refractivity contribution in [3.8, 4) is 11.5 Å². The van der Waals surface area contributed by atoms with Crippen LogP contribution in [0.1, 0.15) is 28.8 Å². The van der Waals surface area contributed by atoms with Gasteiger partial charge < -0.3 is 9.84 Å². The number of phenolic OH excluding ortho intramolecular Hbond substituents is 1. The topological polar surface area (TPSA) is 79.6 Å². The van der Waals surface area contributed by atoms with Crippen molar-refractivity contribution in [2.75, 3.05) is 12.5 Å². The highest BCUT2D eigenvalue weighted by Crippen LogP contribution is 2.38. The summed E-state index contributed by atoms with van der Waals surface area (Å²) in [7, 11) is 1.51. The molecule has 2 aromatic heterocycles. The van der Waals surface area contributed by atoms with E-state index in [0.717, 1.165) is 34.4 Å². The Bertz CT molecular complexity index is 1000. The Morgan fingerprint density at radius 1 is 1.31 bits per heavy atom. The van der Waals surface area contributed by atoms with Crippen molar-refractivity contribution >= 4 is 49.5 Å². The first kappa shape index (κ1) is 17.2. The fraction of sp³-hybridized carbons (Fsp3) is 0.278. The fourth-order valence-electron chi connectivity index (χ4n) is 3.17. The number of hydrogen-bond acceptors (Lipinski definition) is 7. The standard InChI is InChI=1S/C18H17BrN4O2S/c1-25-13-7-10(6-12(19)16(13)24)8-22-23-17-15-11-4-2-3-5-14(11)26-18(15)21-9-20-17/h6-9,24H,2-5H2,1H3,(H,20,21,23)/b22-8+. The van der Waals surface area contributed by atoms with Crippen molar-refractivity contribution < 1.29 is 9.84 Å². The molecule has 2 N–H and O–H groups in total. The Kier molecular flexibility index (Phi) is 4.78. The zero-order chi connectivity index (χ0) is 18.1. The van der Waals surface area contributed by atoms with E-state index in [1.807, 2.05) is 0 Å². The number of thiophene rings is 1. The van der Waals surface area contributed by atoms with Crippen LogP contribution in [0, 0.1) is 0 Å². The third-order valence-corrected chi connectivity index (χ3v) is 6.21. The normalized spacial score (nSPS) is 13.9. The number of fused-ring (bicyclic) bond motifs is 3. The molecule has 26 heavy (non-hydrogen) atoms. The maximum atomic E-state index is 9.88. The second kappa shape index (κ2) is 7.20. The van der Waals surface area contributed by atoms with Crippen LogP contribution in [-0.2, 0) is 12.8 Å². The van der Waals surface area contributed by atoms with E-state index in [1.165, 1.54) is 30.4 Å². The number of hydrogen-bond donors (Lipinski definition) is 2. The fourth-order valence-corrected chi connectivity index (χ4v) is 4.86.